The van der Waals surface area contributed by atoms with Crippen molar-refractivity contribution in [2.75, 3.05) is 6.26 Å². The van der Waals surface area contributed by atoms with E-state index >= 15 is 0 Å². The molecule has 0 aliphatic carbocycles. The van der Waals surface area contributed by atoms with E-state index in [1.165, 1.54) is 0 Å². The minimum absolute atomic E-state index is 0.429. The number of rotatable bonds is 2. The Labute approximate surface area is 176 Å². The van der Waals surface area contributed by atoms with Crippen LogP contribution in [0.25, 0.3) is 10.8 Å². The minimum atomic E-state index is -2.29. The maximum atomic E-state index is 12.8. The zero-order valence-electron chi connectivity index (χ0n) is 15.2. The highest BCUT2D eigenvalue weighted by Gasteiger charge is 2.27. The summed E-state index contributed by atoms with van der Waals surface area (Å²) in [5.41, 5.74) is 0. The van der Waals surface area contributed by atoms with Crippen LogP contribution >= 0.6 is 23.2 Å². The van der Waals surface area contributed by atoms with Gasteiger partial charge in [-0.3, -0.25) is 0 Å². The second kappa shape index (κ2) is 11.3. The van der Waals surface area contributed by atoms with Crippen LogP contribution in [-0.4, -0.2) is 15.4 Å². The molecular weight excluding hydrogens is 460 g/mol. The summed E-state index contributed by atoms with van der Waals surface area (Å²) in [6.07, 6.45) is 0.873. The van der Waals surface area contributed by atoms with Gasteiger partial charge in [0.15, 0.2) is 0 Å². The van der Waals surface area contributed by atoms with E-state index in [1.54, 1.807) is 6.07 Å². The van der Waals surface area contributed by atoms with E-state index in [0.29, 0.717) is 10.3 Å². The van der Waals surface area contributed by atoms with Crippen LogP contribution in [0, 0.1) is 29.1 Å². The number of benzene rings is 2. The fraction of sp³-hybridized carbons (Fsp3) is 0.167. The molecule has 0 aliphatic rings. The smallest absolute Gasteiger partial charge is 0.217 e. The summed E-state index contributed by atoms with van der Waals surface area (Å²) in [6, 6.07) is 9.53. The molecule has 3 nitrogen and oxygen atoms in total. The molecule has 3 aromatic rings. The number of fused-ring (bicyclic) bond motifs is 1. The lowest BCUT2D eigenvalue weighted by molar-refractivity contribution is 0.352. The highest BCUT2D eigenvalue weighted by atomic mass is 35.5. The maximum absolute atomic E-state index is 12.8. The topological polar surface area (TPSA) is 39.2 Å². The zero-order valence-corrected chi connectivity index (χ0v) is 17.5. The van der Waals surface area contributed by atoms with Crippen molar-refractivity contribution < 1.29 is 30.3 Å². The summed E-state index contributed by atoms with van der Waals surface area (Å²) < 4.78 is 77.5. The van der Waals surface area contributed by atoms with E-state index in [4.69, 9.17) is 23.2 Å². The van der Waals surface area contributed by atoms with Crippen molar-refractivity contribution >= 4 is 45.1 Å². The van der Waals surface area contributed by atoms with Gasteiger partial charge in [-0.2, -0.15) is 8.78 Å². The van der Waals surface area contributed by atoms with Crippen LogP contribution in [0.4, 0.5) is 22.0 Å². The second-order valence-corrected chi connectivity index (χ2v) is 6.56. The van der Waals surface area contributed by atoms with Crippen LogP contribution < -0.4 is 4.18 Å². The van der Waals surface area contributed by atoms with Gasteiger partial charge >= 0.3 is 0 Å². The van der Waals surface area contributed by atoms with E-state index in [-0.39, 0.29) is 0 Å². The van der Waals surface area contributed by atoms with Crippen LogP contribution in [0.5, 0.6) is 5.75 Å². The summed E-state index contributed by atoms with van der Waals surface area (Å²) in [5, 5.41) is 2.84. The molecule has 1 unspecified atom stereocenters. The Morgan fingerprint density at radius 3 is 1.90 bits per heavy atom. The predicted molar refractivity (Wildman–Crippen MR) is 104 cm³/mol. The Balaban J connectivity index is 0.000000272. The van der Waals surface area contributed by atoms with Crippen molar-refractivity contribution in [2.45, 2.75) is 13.8 Å². The third kappa shape index (κ3) is 6.25. The summed E-state index contributed by atoms with van der Waals surface area (Å²) in [5.74, 6) is -12.4. The van der Waals surface area contributed by atoms with Crippen LogP contribution in [0.15, 0.2) is 30.3 Å². The fourth-order valence-corrected chi connectivity index (χ4v) is 2.79. The van der Waals surface area contributed by atoms with Gasteiger partial charge in [-0.1, -0.05) is 61.3 Å². The third-order valence-electron chi connectivity index (χ3n) is 3.03. The number of hydrogen-bond donors (Lipinski definition) is 0. The first kappa shape index (κ1) is 25.1. The highest BCUT2D eigenvalue weighted by Crippen LogP contribution is 2.29. The van der Waals surface area contributed by atoms with Gasteiger partial charge in [-0.05, 0) is 11.5 Å². The number of hydrogen-bond acceptors (Lipinski definition) is 3. The quantitative estimate of drug-likeness (QED) is 0.181. The Hall–Kier alpha value is -1.97. The first-order valence-electron chi connectivity index (χ1n) is 7.87. The number of nitrogens with zero attached hydrogens (tertiary/aromatic N) is 1. The lowest BCUT2D eigenvalue weighted by Crippen LogP contribution is -2.07. The molecule has 158 valence electrons. The molecule has 0 N–H and O–H groups in total. The monoisotopic (exact) mass is 473 g/mol. The predicted octanol–water partition coefficient (Wildman–Crippen LogP) is 6.62. The van der Waals surface area contributed by atoms with Crippen molar-refractivity contribution in [3.63, 3.8) is 0 Å². The molecule has 0 bridgehead atoms. The molecule has 0 aliphatic heterocycles. The molecule has 2 aromatic carbocycles. The van der Waals surface area contributed by atoms with Gasteiger partial charge in [0, 0.05) is 11.6 Å². The van der Waals surface area contributed by atoms with Gasteiger partial charge in [-0.25, -0.2) is 22.4 Å². The third-order valence-corrected chi connectivity index (χ3v) is 3.92. The summed E-state index contributed by atoms with van der Waals surface area (Å²) in [6.45, 7) is 4.00. The lowest BCUT2D eigenvalue weighted by Gasteiger charge is -2.06. The fourth-order valence-electron chi connectivity index (χ4n) is 1.90. The first-order valence-corrected chi connectivity index (χ1v) is 10.1. The molecule has 1 aromatic heterocycles. The SMILES string of the molecule is CC.CS(=O)Oc1c(F)c(F)c(F)c(F)c1F.Clc1cc2ccccc2c(Cl)n1. The van der Waals surface area contributed by atoms with E-state index < -0.39 is 45.9 Å². The molecule has 3 rings (SSSR count). The number of pyridine rings is 1. The molecule has 0 radical (unpaired) electrons. The molecule has 0 fully saturated rings. The Kier molecular flexibility index (Phi) is 9.75. The van der Waals surface area contributed by atoms with Gasteiger partial charge < -0.3 is 4.18 Å². The summed E-state index contributed by atoms with van der Waals surface area (Å²) in [4.78, 5) is 3.93. The molecule has 11 heteroatoms. The van der Waals surface area contributed by atoms with Crippen molar-refractivity contribution in [2.24, 2.45) is 0 Å². The van der Waals surface area contributed by atoms with E-state index in [9.17, 15) is 26.2 Å². The summed E-state index contributed by atoms with van der Waals surface area (Å²) >= 11 is 9.40. The van der Waals surface area contributed by atoms with Gasteiger partial charge in [0.1, 0.15) is 10.3 Å². The Morgan fingerprint density at radius 1 is 0.897 bits per heavy atom. The molecule has 0 saturated carbocycles. The minimum Gasteiger partial charge on any atom is -0.394 e. The standard InChI is InChI=1S/C9H5Cl2N.C7H3F5O2S.C2H6/c10-8-5-6-3-1-2-4-7(6)9(11)12-8;1-15(13)14-7-5(11)3(9)2(8)4(10)6(7)12;1-2/h1-5H;1H3;1-2H3. The number of halogens is 7. The molecule has 0 spiro atoms. The van der Waals surface area contributed by atoms with E-state index in [2.05, 4.69) is 9.17 Å². The van der Waals surface area contributed by atoms with Crippen LogP contribution in [0.1, 0.15) is 13.8 Å². The number of aromatic nitrogens is 1. The van der Waals surface area contributed by atoms with Crippen molar-refractivity contribution in [3.05, 3.63) is 69.7 Å². The Morgan fingerprint density at radius 2 is 1.38 bits per heavy atom. The van der Waals surface area contributed by atoms with Crippen molar-refractivity contribution in [3.8, 4) is 5.75 Å². The van der Waals surface area contributed by atoms with Gasteiger partial charge in [0.25, 0.3) is 0 Å². The first-order chi connectivity index (χ1) is 13.6. The summed E-state index contributed by atoms with van der Waals surface area (Å²) in [7, 11) is 0. The van der Waals surface area contributed by atoms with Crippen molar-refractivity contribution in [1.82, 2.24) is 4.98 Å². The van der Waals surface area contributed by atoms with Crippen molar-refractivity contribution in [1.29, 1.82) is 0 Å². The Bertz CT molecular complexity index is 1010. The van der Waals surface area contributed by atoms with Gasteiger partial charge in [-0.15, -0.1) is 0 Å². The van der Waals surface area contributed by atoms with E-state index in [1.807, 2.05) is 38.1 Å². The van der Waals surface area contributed by atoms with Crippen LogP contribution in [-0.2, 0) is 11.1 Å². The molecule has 29 heavy (non-hydrogen) atoms. The zero-order chi connectivity index (χ0) is 22.3. The average Bonchev–Trinajstić information content (AvgIpc) is 2.70. The molecule has 1 heterocycles. The van der Waals surface area contributed by atoms with Gasteiger partial charge in [0.05, 0.1) is 0 Å². The molecule has 1 atom stereocenters. The van der Waals surface area contributed by atoms with Crippen LogP contribution in [0.3, 0.4) is 0 Å². The second-order valence-electron chi connectivity index (χ2n) is 4.84. The maximum Gasteiger partial charge on any atom is 0.217 e. The molecule has 0 amide bonds. The van der Waals surface area contributed by atoms with Gasteiger partial charge in [0.2, 0.25) is 45.9 Å². The largest absolute Gasteiger partial charge is 0.394 e. The van der Waals surface area contributed by atoms with Crippen LogP contribution in [0.2, 0.25) is 10.3 Å². The average molecular weight is 474 g/mol. The highest BCUT2D eigenvalue weighted by molar-refractivity contribution is 7.79. The lowest BCUT2D eigenvalue weighted by atomic mass is 10.2. The van der Waals surface area contributed by atoms with E-state index in [0.717, 1.165) is 17.0 Å². The molecule has 0 saturated heterocycles. The molecular formula is C18H14Cl2F5NO2S. The normalized spacial score (nSPS) is 11.1.